The molecule has 0 aliphatic rings. The summed E-state index contributed by atoms with van der Waals surface area (Å²) in [5, 5.41) is 1.04. The molecule has 1 atom stereocenters. The molecule has 5 nitrogen and oxygen atoms in total. The molecule has 1 amide bonds. The molecule has 0 aromatic carbocycles. The van der Waals surface area contributed by atoms with Crippen LogP contribution in [0.5, 0.6) is 0 Å². The number of hydrogen-bond donors (Lipinski definition) is 0. The van der Waals surface area contributed by atoms with Crippen LogP contribution in [0, 0.1) is 6.92 Å². The van der Waals surface area contributed by atoms with E-state index >= 15 is 0 Å². The van der Waals surface area contributed by atoms with Gasteiger partial charge in [0.1, 0.15) is 4.83 Å². The summed E-state index contributed by atoms with van der Waals surface area (Å²) in [6, 6.07) is 2.19. The minimum absolute atomic E-state index is 0.0283. The van der Waals surface area contributed by atoms with Gasteiger partial charge in [-0.2, -0.15) is 0 Å². The molecule has 0 aliphatic heterocycles. The predicted molar refractivity (Wildman–Crippen MR) is 117 cm³/mol. The molecule has 0 saturated carbocycles. The summed E-state index contributed by atoms with van der Waals surface area (Å²) in [5.74, 6) is 0.0283. The molecule has 1 unspecified atom stereocenters. The van der Waals surface area contributed by atoms with Gasteiger partial charge in [-0.1, -0.05) is 33.1 Å². The summed E-state index contributed by atoms with van der Waals surface area (Å²) in [6.45, 7) is 6.41. The van der Waals surface area contributed by atoms with Crippen molar-refractivity contribution in [3.05, 3.63) is 22.7 Å². The molecule has 0 fully saturated rings. The Hall–Kier alpha value is -1.95. The number of nitrogens with zero attached hydrogens (tertiary/aromatic N) is 4. The van der Waals surface area contributed by atoms with Crippen LogP contribution in [0.3, 0.4) is 0 Å². The van der Waals surface area contributed by atoms with Crippen molar-refractivity contribution in [2.75, 3.05) is 26.0 Å². The van der Waals surface area contributed by atoms with Crippen LogP contribution in [0.1, 0.15) is 61.2 Å². The third kappa shape index (κ3) is 4.86. The topological polar surface area (TPSA) is 48.8 Å². The summed E-state index contributed by atoms with van der Waals surface area (Å²) in [6.07, 6.45) is 8.88. The van der Waals surface area contributed by atoms with Crippen LogP contribution in [0.4, 0.5) is 5.69 Å². The van der Waals surface area contributed by atoms with E-state index in [0.29, 0.717) is 0 Å². The van der Waals surface area contributed by atoms with E-state index in [1.54, 1.807) is 13.4 Å². The van der Waals surface area contributed by atoms with Crippen molar-refractivity contribution >= 4 is 39.5 Å². The molecule has 0 bridgehead atoms. The molecule has 27 heavy (non-hydrogen) atoms. The first kappa shape index (κ1) is 21.4. The number of fused-ring (bicyclic) bond motifs is 1. The van der Waals surface area contributed by atoms with Crippen LogP contribution in [-0.4, -0.2) is 49.3 Å². The van der Waals surface area contributed by atoms with Crippen molar-refractivity contribution in [3.8, 4) is 0 Å². The van der Waals surface area contributed by atoms with Crippen molar-refractivity contribution in [1.29, 1.82) is 0 Å². The molecule has 2 rings (SSSR count). The fraction of sp³-hybridized carbons (Fsp3) is 0.571. The maximum atomic E-state index is 13.4. The third-order valence-electron chi connectivity index (χ3n) is 4.76. The lowest BCUT2D eigenvalue weighted by atomic mass is 10.0. The van der Waals surface area contributed by atoms with Gasteiger partial charge in [0.25, 0.3) is 5.91 Å². The van der Waals surface area contributed by atoms with Gasteiger partial charge in [-0.05, 0) is 31.4 Å². The van der Waals surface area contributed by atoms with Gasteiger partial charge in [-0.25, -0.2) is 4.98 Å². The van der Waals surface area contributed by atoms with Crippen LogP contribution >= 0.6 is 11.3 Å². The molecule has 2 aromatic rings. The number of aromatic nitrogens is 1. The zero-order valence-electron chi connectivity index (χ0n) is 17.5. The molecule has 0 spiro atoms. The molecule has 0 N–H and O–H groups in total. The van der Waals surface area contributed by atoms with Gasteiger partial charge in [-0.3, -0.25) is 14.7 Å². The van der Waals surface area contributed by atoms with Gasteiger partial charge in [-0.15, -0.1) is 11.3 Å². The van der Waals surface area contributed by atoms with E-state index in [-0.39, 0.29) is 11.9 Å². The summed E-state index contributed by atoms with van der Waals surface area (Å²) in [5.41, 5.74) is 2.24. The molecule has 6 heteroatoms. The largest absolute Gasteiger partial charge is 0.377 e. The summed E-state index contributed by atoms with van der Waals surface area (Å²) >= 11 is 1.47. The Balaban J connectivity index is 2.44. The Morgan fingerprint density at radius 1 is 1.30 bits per heavy atom. The fourth-order valence-electron chi connectivity index (χ4n) is 3.53. The smallest absolute Gasteiger partial charge is 0.269 e. The second-order valence-electron chi connectivity index (χ2n) is 7.18. The Labute approximate surface area is 167 Å². The number of aryl methyl sites for hydroxylation is 1. The first-order chi connectivity index (χ1) is 12.9. The van der Waals surface area contributed by atoms with Gasteiger partial charge in [0.05, 0.1) is 16.9 Å². The number of anilines is 1. The normalized spacial score (nSPS) is 12.7. The van der Waals surface area contributed by atoms with Crippen molar-refractivity contribution < 1.29 is 4.79 Å². The zero-order valence-corrected chi connectivity index (χ0v) is 18.3. The quantitative estimate of drug-likeness (QED) is 0.442. The number of carbonyl (C=O) groups excluding carboxylic acids is 1. The summed E-state index contributed by atoms with van der Waals surface area (Å²) < 4.78 is 0. The van der Waals surface area contributed by atoms with Crippen molar-refractivity contribution in [2.45, 2.75) is 58.9 Å². The van der Waals surface area contributed by atoms with Gasteiger partial charge < -0.3 is 4.90 Å². The summed E-state index contributed by atoms with van der Waals surface area (Å²) in [4.78, 5) is 27.6. The van der Waals surface area contributed by atoms with E-state index in [1.807, 2.05) is 31.3 Å². The van der Waals surface area contributed by atoms with Crippen molar-refractivity contribution in [3.63, 3.8) is 0 Å². The first-order valence-corrected chi connectivity index (χ1v) is 10.6. The summed E-state index contributed by atoms with van der Waals surface area (Å²) in [7, 11) is 5.78. The standard InChI is InChI=1S/C21H32N4OS/c1-7-9-11-16(10-8-2)25(14-22-4)21(26)18-12-17-19(24(5)6)15(3)13-23-20(17)27-18/h12-14,16H,7-11H2,1-6H3. The second-order valence-corrected chi connectivity index (χ2v) is 8.22. The van der Waals surface area contributed by atoms with Gasteiger partial charge in [0.15, 0.2) is 0 Å². The number of thiophene rings is 1. The third-order valence-corrected chi connectivity index (χ3v) is 5.79. The Morgan fingerprint density at radius 3 is 2.63 bits per heavy atom. The van der Waals surface area contributed by atoms with Gasteiger partial charge in [0, 0.05) is 38.8 Å². The molecule has 0 radical (unpaired) electrons. The van der Waals surface area contributed by atoms with Crippen molar-refractivity contribution in [1.82, 2.24) is 9.88 Å². The Bertz CT molecular complexity index is 797. The Kier molecular flexibility index (Phi) is 7.78. The zero-order chi connectivity index (χ0) is 20.0. The van der Waals surface area contributed by atoms with E-state index in [4.69, 9.17) is 0 Å². The lowest BCUT2D eigenvalue weighted by Gasteiger charge is -2.27. The maximum Gasteiger partial charge on any atom is 0.269 e. The SMILES string of the molecule is CCCCC(CCC)N(C=NC)C(=O)c1cc2c(N(C)C)c(C)cnc2s1. The van der Waals surface area contributed by atoms with E-state index in [0.717, 1.165) is 58.4 Å². The molecule has 2 aromatic heterocycles. The van der Waals surface area contributed by atoms with Crippen LogP contribution in [0.25, 0.3) is 10.2 Å². The van der Waals surface area contributed by atoms with Crippen LogP contribution in [0.15, 0.2) is 17.3 Å². The number of rotatable bonds is 9. The van der Waals surface area contributed by atoms with E-state index < -0.39 is 0 Å². The number of pyridine rings is 1. The minimum atomic E-state index is 0.0283. The average molecular weight is 389 g/mol. The lowest BCUT2D eigenvalue weighted by molar-refractivity contribution is 0.0800. The van der Waals surface area contributed by atoms with E-state index in [2.05, 4.69) is 35.6 Å². The fourth-order valence-corrected chi connectivity index (χ4v) is 4.48. The number of amides is 1. The van der Waals surface area contributed by atoms with Gasteiger partial charge in [0.2, 0.25) is 0 Å². The second kappa shape index (κ2) is 9.83. The molecular weight excluding hydrogens is 356 g/mol. The van der Waals surface area contributed by atoms with E-state index in [9.17, 15) is 4.79 Å². The average Bonchev–Trinajstić information content (AvgIpc) is 3.06. The maximum absolute atomic E-state index is 13.4. The predicted octanol–water partition coefficient (Wildman–Crippen LogP) is 5.13. The highest BCUT2D eigenvalue weighted by molar-refractivity contribution is 7.20. The number of aliphatic imine (C=N–C) groups is 1. The number of hydrogen-bond acceptors (Lipinski definition) is 5. The van der Waals surface area contributed by atoms with Crippen molar-refractivity contribution in [2.24, 2.45) is 4.99 Å². The first-order valence-electron chi connectivity index (χ1n) is 9.75. The number of carbonyl (C=O) groups is 1. The van der Waals surface area contributed by atoms with Gasteiger partial charge >= 0.3 is 0 Å². The van der Waals surface area contributed by atoms with Crippen LogP contribution in [0.2, 0.25) is 0 Å². The van der Waals surface area contributed by atoms with E-state index in [1.165, 1.54) is 11.3 Å². The molecular formula is C21H32N4OS. The molecule has 148 valence electrons. The minimum Gasteiger partial charge on any atom is -0.377 e. The highest BCUT2D eigenvalue weighted by Gasteiger charge is 2.25. The molecule has 0 saturated heterocycles. The highest BCUT2D eigenvalue weighted by Crippen LogP contribution is 2.34. The molecule has 2 heterocycles. The van der Waals surface area contributed by atoms with Crippen LogP contribution in [-0.2, 0) is 0 Å². The highest BCUT2D eigenvalue weighted by atomic mass is 32.1. The van der Waals surface area contributed by atoms with Crippen LogP contribution < -0.4 is 4.90 Å². The molecule has 0 aliphatic carbocycles. The number of unbranched alkanes of at least 4 members (excludes halogenated alkanes) is 1. The lowest BCUT2D eigenvalue weighted by Crippen LogP contribution is -2.39. The Morgan fingerprint density at radius 2 is 2.04 bits per heavy atom. The monoisotopic (exact) mass is 388 g/mol.